The summed E-state index contributed by atoms with van der Waals surface area (Å²) in [6, 6.07) is 7.31. The largest absolute Gasteiger partial charge is 0.444 e. The molecule has 0 radical (unpaired) electrons. The lowest BCUT2D eigenvalue weighted by Crippen LogP contribution is -2.49. The first kappa shape index (κ1) is 22.0. The van der Waals surface area contributed by atoms with E-state index < -0.39 is 11.2 Å². The summed E-state index contributed by atoms with van der Waals surface area (Å²) in [5, 5.41) is 21.4. The maximum absolute atomic E-state index is 12.5. The number of aliphatic hydroxyl groups is 2. The molecular weight excluding hydrogens is 366 g/mol. The third kappa shape index (κ3) is 6.09. The van der Waals surface area contributed by atoms with Crippen molar-refractivity contribution < 1.29 is 19.7 Å². The van der Waals surface area contributed by atoms with Gasteiger partial charge in [0.1, 0.15) is 5.60 Å². The topological polar surface area (TPSA) is 70.0 Å². The summed E-state index contributed by atoms with van der Waals surface area (Å²) >= 11 is 6.17. The maximum atomic E-state index is 12.5. The van der Waals surface area contributed by atoms with Crippen LogP contribution < -0.4 is 0 Å². The van der Waals surface area contributed by atoms with Crippen molar-refractivity contribution in [3.8, 4) is 0 Å². The number of piperidine rings is 1. The lowest BCUT2D eigenvalue weighted by atomic mass is 9.74. The summed E-state index contributed by atoms with van der Waals surface area (Å²) in [6.07, 6.45) is 3.14. The second-order valence-electron chi connectivity index (χ2n) is 8.38. The van der Waals surface area contributed by atoms with Gasteiger partial charge in [0.25, 0.3) is 0 Å². The first-order valence-corrected chi connectivity index (χ1v) is 10.1. The average Bonchev–Trinajstić information content (AvgIpc) is 2.60. The molecule has 152 valence electrons. The van der Waals surface area contributed by atoms with Crippen molar-refractivity contribution in [3.05, 3.63) is 34.9 Å². The molecule has 2 rings (SSSR count). The smallest absolute Gasteiger partial charge is 0.410 e. The third-order valence-corrected chi connectivity index (χ3v) is 5.27. The Morgan fingerprint density at radius 2 is 2.07 bits per heavy atom. The Morgan fingerprint density at radius 3 is 2.70 bits per heavy atom. The number of nitrogens with zero attached hydrogens (tertiary/aromatic N) is 1. The average molecular weight is 398 g/mol. The molecule has 0 aromatic heterocycles. The Kier molecular flexibility index (Phi) is 7.55. The molecule has 1 aromatic carbocycles. The molecule has 0 saturated carbocycles. The van der Waals surface area contributed by atoms with Crippen LogP contribution in [0, 0.1) is 5.92 Å². The predicted octanol–water partition coefficient (Wildman–Crippen LogP) is 4.34. The molecule has 27 heavy (non-hydrogen) atoms. The summed E-state index contributed by atoms with van der Waals surface area (Å²) < 4.78 is 5.51. The van der Waals surface area contributed by atoms with Gasteiger partial charge in [-0.3, -0.25) is 0 Å². The third-order valence-electron chi connectivity index (χ3n) is 5.04. The first-order chi connectivity index (χ1) is 12.7. The summed E-state index contributed by atoms with van der Waals surface area (Å²) in [5.74, 6) is -0.115. The highest BCUT2D eigenvalue weighted by molar-refractivity contribution is 6.30. The van der Waals surface area contributed by atoms with Gasteiger partial charge in [0.2, 0.25) is 0 Å². The minimum atomic E-state index is -1.10. The molecule has 2 unspecified atom stereocenters. The van der Waals surface area contributed by atoms with E-state index in [-0.39, 0.29) is 18.6 Å². The molecule has 1 saturated heterocycles. The van der Waals surface area contributed by atoms with E-state index >= 15 is 0 Å². The molecule has 2 N–H and O–H groups in total. The number of rotatable bonds is 6. The molecule has 1 aliphatic rings. The van der Waals surface area contributed by atoms with E-state index in [4.69, 9.17) is 21.4 Å². The zero-order valence-electron chi connectivity index (χ0n) is 16.6. The molecule has 1 fully saturated rings. The van der Waals surface area contributed by atoms with Crippen LogP contribution in [0.1, 0.15) is 58.4 Å². The summed E-state index contributed by atoms with van der Waals surface area (Å²) in [4.78, 5) is 14.2. The molecule has 6 heteroatoms. The fraction of sp³-hybridized carbons (Fsp3) is 0.667. The van der Waals surface area contributed by atoms with Gasteiger partial charge in [-0.25, -0.2) is 4.79 Å². The van der Waals surface area contributed by atoms with E-state index in [9.17, 15) is 9.90 Å². The number of hydrogen-bond acceptors (Lipinski definition) is 4. The molecule has 1 amide bonds. The highest BCUT2D eigenvalue weighted by Crippen LogP contribution is 2.40. The Morgan fingerprint density at radius 1 is 1.33 bits per heavy atom. The number of halogens is 1. The Labute approximate surface area is 167 Å². The normalized spacial score (nSPS) is 20.2. The van der Waals surface area contributed by atoms with Crippen LogP contribution in [-0.2, 0) is 10.3 Å². The van der Waals surface area contributed by atoms with E-state index in [1.54, 1.807) is 17.0 Å². The number of hydrogen-bond donors (Lipinski definition) is 2. The fourth-order valence-electron chi connectivity index (χ4n) is 3.71. The summed E-state index contributed by atoms with van der Waals surface area (Å²) in [7, 11) is 0. The Bertz CT molecular complexity index is 631. The quantitative estimate of drug-likeness (QED) is 0.700. The van der Waals surface area contributed by atoms with Crippen molar-refractivity contribution in [3.63, 3.8) is 0 Å². The van der Waals surface area contributed by atoms with Gasteiger partial charge < -0.3 is 19.8 Å². The minimum absolute atomic E-state index is 0.0975. The van der Waals surface area contributed by atoms with Crippen LogP contribution in [0.3, 0.4) is 0 Å². The van der Waals surface area contributed by atoms with Gasteiger partial charge in [-0.2, -0.15) is 0 Å². The van der Waals surface area contributed by atoms with Crippen molar-refractivity contribution in [2.75, 3.05) is 19.7 Å². The summed E-state index contributed by atoms with van der Waals surface area (Å²) in [5.41, 5.74) is -0.876. The maximum Gasteiger partial charge on any atom is 0.410 e. The van der Waals surface area contributed by atoms with Gasteiger partial charge in [0.15, 0.2) is 0 Å². The van der Waals surface area contributed by atoms with E-state index in [1.807, 2.05) is 32.9 Å². The van der Waals surface area contributed by atoms with Gasteiger partial charge in [-0.1, -0.05) is 23.7 Å². The number of unbranched alkanes of at least 4 members (excludes halogenated alkanes) is 1. The van der Waals surface area contributed by atoms with Crippen LogP contribution in [-0.4, -0.2) is 46.5 Å². The molecule has 0 spiro atoms. The van der Waals surface area contributed by atoms with Crippen molar-refractivity contribution in [1.29, 1.82) is 0 Å². The molecule has 1 aliphatic heterocycles. The van der Waals surface area contributed by atoms with Crippen LogP contribution >= 0.6 is 11.6 Å². The fourth-order valence-corrected chi connectivity index (χ4v) is 3.90. The monoisotopic (exact) mass is 397 g/mol. The van der Waals surface area contributed by atoms with Gasteiger partial charge >= 0.3 is 6.09 Å². The van der Waals surface area contributed by atoms with Gasteiger partial charge in [-0.05, 0) is 70.6 Å². The van der Waals surface area contributed by atoms with E-state index in [0.717, 1.165) is 18.4 Å². The SMILES string of the molecule is CC(C)(C)OC(=O)N1CCCC(C(O)(CCCCO)c2cccc(Cl)c2)C1. The second kappa shape index (κ2) is 9.26. The highest BCUT2D eigenvalue weighted by Gasteiger charge is 2.41. The molecule has 2 atom stereocenters. The Hall–Kier alpha value is -1.30. The van der Waals surface area contributed by atoms with Crippen molar-refractivity contribution in [1.82, 2.24) is 4.90 Å². The minimum Gasteiger partial charge on any atom is -0.444 e. The number of likely N-dealkylation sites (tertiary alicyclic amines) is 1. The Balaban J connectivity index is 2.22. The lowest BCUT2D eigenvalue weighted by Gasteiger charge is -2.43. The standard InChI is InChI=1S/C21H32ClNO4/c1-20(2,3)27-19(25)23-12-7-9-17(15-23)21(26,11-4-5-13-24)16-8-6-10-18(22)14-16/h6,8,10,14,17,24,26H,4-5,7,9,11-13,15H2,1-3H3. The molecule has 0 bridgehead atoms. The predicted molar refractivity (Wildman–Crippen MR) is 107 cm³/mol. The van der Waals surface area contributed by atoms with E-state index in [1.165, 1.54) is 0 Å². The highest BCUT2D eigenvalue weighted by atomic mass is 35.5. The van der Waals surface area contributed by atoms with E-state index in [2.05, 4.69) is 0 Å². The van der Waals surface area contributed by atoms with Crippen molar-refractivity contribution >= 4 is 17.7 Å². The van der Waals surface area contributed by atoms with Crippen molar-refractivity contribution in [2.45, 2.75) is 64.1 Å². The number of carbonyl (C=O) groups is 1. The molecule has 1 heterocycles. The molecule has 5 nitrogen and oxygen atoms in total. The molecular formula is C21H32ClNO4. The zero-order valence-corrected chi connectivity index (χ0v) is 17.3. The molecule has 0 aliphatic carbocycles. The molecule has 1 aromatic rings. The van der Waals surface area contributed by atoms with Crippen molar-refractivity contribution in [2.24, 2.45) is 5.92 Å². The number of carbonyl (C=O) groups excluding carboxylic acids is 1. The lowest BCUT2D eigenvalue weighted by molar-refractivity contribution is -0.0640. The van der Waals surface area contributed by atoms with Crippen LogP contribution in [0.2, 0.25) is 5.02 Å². The first-order valence-electron chi connectivity index (χ1n) is 9.73. The number of ether oxygens (including phenoxy) is 1. The van der Waals surface area contributed by atoms with Crippen LogP contribution in [0.5, 0.6) is 0 Å². The number of benzene rings is 1. The van der Waals surface area contributed by atoms with Gasteiger partial charge in [-0.15, -0.1) is 0 Å². The summed E-state index contributed by atoms with van der Waals surface area (Å²) in [6.45, 7) is 6.72. The number of aliphatic hydroxyl groups excluding tert-OH is 1. The van der Waals surface area contributed by atoms with Gasteiger partial charge in [0.05, 0.1) is 5.60 Å². The van der Waals surface area contributed by atoms with Crippen LogP contribution in [0.15, 0.2) is 24.3 Å². The van der Waals surface area contributed by atoms with Gasteiger partial charge in [0, 0.05) is 30.6 Å². The zero-order chi connectivity index (χ0) is 20.1. The second-order valence-corrected chi connectivity index (χ2v) is 8.82. The number of amides is 1. The van der Waals surface area contributed by atoms with Crippen LogP contribution in [0.25, 0.3) is 0 Å². The van der Waals surface area contributed by atoms with E-state index in [0.29, 0.717) is 37.4 Å². The van der Waals surface area contributed by atoms with Crippen LogP contribution in [0.4, 0.5) is 4.79 Å².